The van der Waals surface area contributed by atoms with Crippen molar-refractivity contribution in [2.75, 3.05) is 11.9 Å². The lowest BCUT2D eigenvalue weighted by molar-refractivity contribution is 0.572. The average Bonchev–Trinajstić information content (AvgIpc) is 3.11. The topological polar surface area (TPSA) is 57.8 Å². The van der Waals surface area contributed by atoms with Crippen molar-refractivity contribution in [3.05, 3.63) is 22.2 Å². The third kappa shape index (κ3) is 2.35. The van der Waals surface area contributed by atoms with Crippen LogP contribution in [-0.2, 0) is 0 Å². The first-order chi connectivity index (χ1) is 8.04. The van der Waals surface area contributed by atoms with Gasteiger partial charge in [-0.15, -0.1) is 0 Å². The van der Waals surface area contributed by atoms with Gasteiger partial charge in [0.1, 0.15) is 11.6 Å². The normalized spacial score (nSPS) is 25.6. The second-order valence-electron chi connectivity index (χ2n) is 6.06. The number of aromatic amines is 1. The predicted octanol–water partition coefficient (Wildman–Crippen LogP) is 2.11. The number of nitrogens with one attached hydrogen (secondary N) is 2. The molecule has 0 aromatic carbocycles. The molecule has 17 heavy (non-hydrogen) atoms. The zero-order valence-corrected chi connectivity index (χ0v) is 10.4. The molecule has 2 fully saturated rings. The van der Waals surface area contributed by atoms with Crippen LogP contribution in [0.3, 0.4) is 0 Å². The fourth-order valence-electron chi connectivity index (χ4n) is 2.27. The fraction of sp³-hybridized carbons (Fsp3) is 0.692. The lowest BCUT2D eigenvalue weighted by atomic mass is 10.1. The van der Waals surface area contributed by atoms with Gasteiger partial charge in [-0.05, 0) is 30.6 Å². The highest BCUT2D eigenvalue weighted by Crippen LogP contribution is 2.51. The highest BCUT2D eigenvalue weighted by molar-refractivity contribution is 5.34. The number of anilines is 1. The Kier molecular flexibility index (Phi) is 2.28. The summed E-state index contributed by atoms with van der Waals surface area (Å²) in [5.41, 5.74) is 0.424. The molecule has 3 rings (SSSR count). The monoisotopic (exact) mass is 233 g/mol. The maximum Gasteiger partial charge on any atom is 0.252 e. The molecule has 0 bridgehead atoms. The Morgan fingerprint density at radius 1 is 1.53 bits per heavy atom. The van der Waals surface area contributed by atoms with Crippen molar-refractivity contribution in [1.82, 2.24) is 9.97 Å². The lowest BCUT2D eigenvalue weighted by Crippen LogP contribution is -2.15. The van der Waals surface area contributed by atoms with Crippen LogP contribution in [0.2, 0.25) is 0 Å². The summed E-state index contributed by atoms with van der Waals surface area (Å²) in [5.74, 6) is 2.79. The predicted molar refractivity (Wildman–Crippen MR) is 67.2 cm³/mol. The highest BCUT2D eigenvalue weighted by atomic mass is 16.1. The summed E-state index contributed by atoms with van der Waals surface area (Å²) < 4.78 is 0. The Labute approximate surface area is 101 Å². The molecule has 2 saturated carbocycles. The molecule has 1 heterocycles. The van der Waals surface area contributed by atoms with E-state index in [2.05, 4.69) is 29.1 Å². The van der Waals surface area contributed by atoms with E-state index in [1.165, 1.54) is 6.42 Å². The zero-order chi connectivity index (χ0) is 12.0. The third-order valence-electron chi connectivity index (χ3n) is 3.97. The molecular weight excluding hydrogens is 214 g/mol. The summed E-state index contributed by atoms with van der Waals surface area (Å²) in [6.45, 7) is 5.48. The van der Waals surface area contributed by atoms with E-state index in [0.717, 1.165) is 31.0 Å². The van der Waals surface area contributed by atoms with E-state index in [9.17, 15) is 4.79 Å². The number of H-pyrrole nitrogens is 1. The molecule has 1 unspecified atom stereocenters. The molecule has 1 aromatic rings. The van der Waals surface area contributed by atoms with Crippen LogP contribution in [0.25, 0.3) is 0 Å². The Bertz CT molecular complexity index is 488. The van der Waals surface area contributed by atoms with Crippen molar-refractivity contribution in [2.45, 2.75) is 39.0 Å². The Morgan fingerprint density at radius 3 is 2.82 bits per heavy atom. The van der Waals surface area contributed by atoms with Gasteiger partial charge in [0.25, 0.3) is 5.56 Å². The first kappa shape index (κ1) is 10.8. The minimum atomic E-state index is -0.0422. The molecule has 0 spiro atoms. The Morgan fingerprint density at radius 2 is 2.24 bits per heavy atom. The largest absolute Gasteiger partial charge is 0.370 e. The Balaban J connectivity index is 1.68. The molecule has 0 amide bonds. The molecule has 92 valence electrons. The van der Waals surface area contributed by atoms with Gasteiger partial charge in [-0.3, -0.25) is 4.79 Å². The molecule has 2 N–H and O–H groups in total. The van der Waals surface area contributed by atoms with E-state index in [4.69, 9.17) is 0 Å². The molecule has 2 aliphatic carbocycles. The lowest BCUT2D eigenvalue weighted by Gasteiger charge is -2.07. The summed E-state index contributed by atoms with van der Waals surface area (Å²) in [6, 6.07) is 1.56. The van der Waals surface area contributed by atoms with E-state index < -0.39 is 0 Å². The highest BCUT2D eigenvalue weighted by Gasteiger charge is 2.45. The standard InChI is InChI=1S/C13H19N3O/c1-13(2)6-9(13)7-14-10-5-11(17)16-12(15-10)8-3-4-8/h5,8-9H,3-4,6-7H2,1-2H3,(H2,14,15,16,17). The van der Waals surface area contributed by atoms with E-state index in [1.54, 1.807) is 6.07 Å². The number of nitrogens with zero attached hydrogens (tertiary/aromatic N) is 1. The molecule has 4 heteroatoms. The van der Waals surface area contributed by atoms with Gasteiger partial charge in [-0.1, -0.05) is 13.8 Å². The molecule has 0 aliphatic heterocycles. The van der Waals surface area contributed by atoms with Crippen LogP contribution >= 0.6 is 0 Å². The molecule has 1 atom stereocenters. The quantitative estimate of drug-likeness (QED) is 0.837. The van der Waals surface area contributed by atoms with Crippen LogP contribution in [0.5, 0.6) is 0 Å². The van der Waals surface area contributed by atoms with Crippen molar-refractivity contribution in [3.63, 3.8) is 0 Å². The Hall–Kier alpha value is -1.32. The van der Waals surface area contributed by atoms with Gasteiger partial charge in [0.2, 0.25) is 0 Å². The van der Waals surface area contributed by atoms with Crippen molar-refractivity contribution >= 4 is 5.82 Å². The van der Waals surface area contributed by atoms with E-state index in [1.807, 2.05) is 0 Å². The zero-order valence-electron chi connectivity index (χ0n) is 10.4. The van der Waals surface area contributed by atoms with Crippen LogP contribution < -0.4 is 10.9 Å². The minimum absolute atomic E-state index is 0.0422. The van der Waals surface area contributed by atoms with Gasteiger partial charge in [0.05, 0.1) is 0 Å². The van der Waals surface area contributed by atoms with E-state index >= 15 is 0 Å². The molecule has 2 aliphatic rings. The van der Waals surface area contributed by atoms with Gasteiger partial charge in [0.15, 0.2) is 0 Å². The van der Waals surface area contributed by atoms with E-state index in [0.29, 0.717) is 17.3 Å². The van der Waals surface area contributed by atoms with Crippen molar-refractivity contribution in [2.24, 2.45) is 11.3 Å². The van der Waals surface area contributed by atoms with Gasteiger partial charge in [-0.2, -0.15) is 0 Å². The summed E-state index contributed by atoms with van der Waals surface area (Å²) >= 11 is 0. The van der Waals surface area contributed by atoms with Crippen LogP contribution in [0.15, 0.2) is 10.9 Å². The second-order valence-corrected chi connectivity index (χ2v) is 6.06. The molecular formula is C13H19N3O. The number of aromatic nitrogens is 2. The SMILES string of the molecule is CC1(C)CC1CNc1cc(=O)[nH]c(C2CC2)n1. The molecule has 1 aromatic heterocycles. The van der Waals surface area contributed by atoms with Crippen molar-refractivity contribution < 1.29 is 0 Å². The van der Waals surface area contributed by atoms with E-state index in [-0.39, 0.29) is 5.56 Å². The van der Waals surface area contributed by atoms with Crippen LogP contribution in [0.4, 0.5) is 5.82 Å². The van der Waals surface area contributed by atoms with Gasteiger partial charge >= 0.3 is 0 Å². The minimum Gasteiger partial charge on any atom is -0.370 e. The van der Waals surface area contributed by atoms with Crippen molar-refractivity contribution in [3.8, 4) is 0 Å². The fourth-order valence-corrected chi connectivity index (χ4v) is 2.27. The summed E-state index contributed by atoms with van der Waals surface area (Å²) in [5, 5.41) is 3.29. The summed E-state index contributed by atoms with van der Waals surface area (Å²) in [7, 11) is 0. The number of hydrogen-bond donors (Lipinski definition) is 2. The maximum atomic E-state index is 11.5. The number of rotatable bonds is 4. The second kappa shape index (κ2) is 3.59. The smallest absolute Gasteiger partial charge is 0.252 e. The third-order valence-corrected chi connectivity index (χ3v) is 3.97. The van der Waals surface area contributed by atoms with Crippen LogP contribution in [-0.4, -0.2) is 16.5 Å². The maximum absolute atomic E-state index is 11.5. The van der Waals surface area contributed by atoms with Crippen LogP contribution in [0.1, 0.15) is 44.9 Å². The van der Waals surface area contributed by atoms with Gasteiger partial charge in [0, 0.05) is 18.5 Å². The van der Waals surface area contributed by atoms with Gasteiger partial charge in [-0.25, -0.2) is 4.98 Å². The average molecular weight is 233 g/mol. The molecule has 4 nitrogen and oxygen atoms in total. The first-order valence-electron chi connectivity index (χ1n) is 6.40. The van der Waals surface area contributed by atoms with Crippen LogP contribution in [0, 0.1) is 11.3 Å². The summed E-state index contributed by atoms with van der Waals surface area (Å²) in [6.07, 6.45) is 3.57. The summed E-state index contributed by atoms with van der Waals surface area (Å²) in [4.78, 5) is 18.8. The van der Waals surface area contributed by atoms with Gasteiger partial charge < -0.3 is 10.3 Å². The van der Waals surface area contributed by atoms with Crippen molar-refractivity contribution in [1.29, 1.82) is 0 Å². The molecule has 0 radical (unpaired) electrons. The number of hydrogen-bond acceptors (Lipinski definition) is 3. The molecule has 0 saturated heterocycles. The first-order valence-corrected chi connectivity index (χ1v) is 6.40.